The van der Waals surface area contributed by atoms with Gasteiger partial charge in [0.25, 0.3) is 11.5 Å². The average molecular weight is 525 g/mol. The first-order chi connectivity index (χ1) is 19.0. The van der Waals surface area contributed by atoms with E-state index < -0.39 is 0 Å². The van der Waals surface area contributed by atoms with Gasteiger partial charge in [0.15, 0.2) is 5.82 Å². The van der Waals surface area contributed by atoms with Crippen LogP contribution in [0.1, 0.15) is 59.2 Å². The van der Waals surface area contributed by atoms with Crippen molar-refractivity contribution < 1.29 is 9.90 Å². The molecule has 0 bridgehead atoms. The van der Waals surface area contributed by atoms with Gasteiger partial charge in [-0.3, -0.25) is 14.3 Å². The van der Waals surface area contributed by atoms with E-state index in [1.54, 1.807) is 24.3 Å². The first-order valence-corrected chi connectivity index (χ1v) is 13.5. The number of rotatable bonds is 8. The number of carbonyl (C=O) groups excluding carboxylic acids is 1. The third-order valence-electron chi connectivity index (χ3n) is 7.55. The maximum absolute atomic E-state index is 13.6. The molecular formula is C30H32N6O3. The minimum atomic E-state index is -0.280. The van der Waals surface area contributed by atoms with Gasteiger partial charge in [-0.05, 0) is 54.9 Å². The maximum Gasteiger partial charge on any atom is 0.293 e. The quantitative estimate of drug-likeness (QED) is 0.355. The number of anilines is 3. The van der Waals surface area contributed by atoms with Crippen molar-refractivity contribution in [3.63, 3.8) is 0 Å². The molecule has 1 aliphatic heterocycles. The second-order valence-corrected chi connectivity index (χ2v) is 10.4. The first-order valence-electron chi connectivity index (χ1n) is 13.5. The number of carbonyl (C=O) groups is 1. The number of nitrogens with one attached hydrogen (secondary N) is 1. The van der Waals surface area contributed by atoms with E-state index in [0.29, 0.717) is 40.7 Å². The van der Waals surface area contributed by atoms with E-state index in [1.807, 2.05) is 35.1 Å². The van der Waals surface area contributed by atoms with Crippen LogP contribution in [-0.2, 0) is 26.6 Å². The van der Waals surface area contributed by atoms with Gasteiger partial charge in [0, 0.05) is 49.2 Å². The molecular weight excluding hydrogens is 492 g/mol. The van der Waals surface area contributed by atoms with Crippen molar-refractivity contribution in [3.8, 4) is 11.3 Å². The predicted octanol–water partition coefficient (Wildman–Crippen LogP) is 4.37. The van der Waals surface area contributed by atoms with Crippen LogP contribution in [0.2, 0.25) is 0 Å². The number of hydrogen-bond donors (Lipinski definition) is 2. The molecule has 2 aliphatic rings. The fraction of sp³-hybridized carbons (Fsp3) is 0.333. The van der Waals surface area contributed by atoms with Crippen molar-refractivity contribution >= 4 is 23.1 Å². The molecule has 0 saturated heterocycles. The molecule has 6 rings (SSSR count). The molecule has 0 radical (unpaired) electrons. The van der Waals surface area contributed by atoms with Gasteiger partial charge in [-0.15, -0.1) is 0 Å². The molecule has 0 spiro atoms. The Morgan fingerprint density at radius 2 is 1.95 bits per heavy atom. The summed E-state index contributed by atoms with van der Waals surface area (Å²) in [5.74, 6) is 0.738. The van der Waals surface area contributed by atoms with Crippen molar-refractivity contribution in [2.45, 2.75) is 51.7 Å². The smallest absolute Gasteiger partial charge is 0.293 e. The fourth-order valence-electron chi connectivity index (χ4n) is 5.38. The van der Waals surface area contributed by atoms with Gasteiger partial charge in [0.1, 0.15) is 0 Å². The van der Waals surface area contributed by atoms with Crippen molar-refractivity contribution in [3.05, 3.63) is 87.6 Å². The molecule has 0 atom stereocenters. The number of nitrogens with zero attached hydrogens (tertiary/aromatic N) is 5. The second-order valence-electron chi connectivity index (χ2n) is 10.4. The Morgan fingerprint density at radius 3 is 2.72 bits per heavy atom. The van der Waals surface area contributed by atoms with Crippen LogP contribution in [0.25, 0.3) is 11.3 Å². The standard InChI is InChI=1S/C30H32N6O3/c1-3-12-35-16-22(15-31-35)32-28-30(39)34(2)17-26(33-28)24-5-4-6-27(25(24)18-37)36-13-11-21-14-20(19-7-8-19)9-10-23(21)29(36)38/h4-6,9-10,14-17,19,37H,3,7-8,11-13,18H2,1-2H3,(H,32,33). The maximum atomic E-state index is 13.6. The molecule has 3 heterocycles. The van der Waals surface area contributed by atoms with Gasteiger partial charge < -0.3 is 19.9 Å². The summed E-state index contributed by atoms with van der Waals surface area (Å²) in [5, 5.41) is 17.9. The normalized spacial score (nSPS) is 14.9. The summed E-state index contributed by atoms with van der Waals surface area (Å²) in [6.45, 7) is 3.11. The van der Waals surface area contributed by atoms with Crippen molar-refractivity contribution in [1.82, 2.24) is 19.3 Å². The van der Waals surface area contributed by atoms with Crippen LogP contribution in [0.15, 0.2) is 59.8 Å². The van der Waals surface area contributed by atoms with Crippen LogP contribution in [0.5, 0.6) is 0 Å². The lowest BCUT2D eigenvalue weighted by Gasteiger charge is -2.31. The Morgan fingerprint density at radius 1 is 1.10 bits per heavy atom. The summed E-state index contributed by atoms with van der Waals surface area (Å²) in [7, 11) is 1.67. The zero-order valence-electron chi connectivity index (χ0n) is 22.2. The molecule has 1 aliphatic carbocycles. The largest absolute Gasteiger partial charge is 0.392 e. The lowest BCUT2D eigenvalue weighted by atomic mass is 9.93. The van der Waals surface area contributed by atoms with Gasteiger partial charge in [-0.25, -0.2) is 4.98 Å². The summed E-state index contributed by atoms with van der Waals surface area (Å²) >= 11 is 0. The molecule has 0 unspecified atom stereocenters. The molecule has 9 nitrogen and oxygen atoms in total. The third-order valence-corrected chi connectivity index (χ3v) is 7.55. The van der Waals surface area contributed by atoms with Crippen LogP contribution >= 0.6 is 0 Å². The van der Waals surface area contributed by atoms with Crippen LogP contribution in [-0.4, -0.2) is 36.9 Å². The minimum Gasteiger partial charge on any atom is -0.392 e. The monoisotopic (exact) mass is 524 g/mol. The van der Waals surface area contributed by atoms with E-state index in [0.717, 1.165) is 30.5 Å². The van der Waals surface area contributed by atoms with Gasteiger partial charge in [0.05, 0.1) is 29.9 Å². The van der Waals surface area contributed by atoms with Gasteiger partial charge >= 0.3 is 0 Å². The number of fused-ring (bicyclic) bond motifs is 1. The fourth-order valence-corrected chi connectivity index (χ4v) is 5.38. The van der Waals surface area contributed by atoms with Crippen LogP contribution in [0, 0.1) is 0 Å². The summed E-state index contributed by atoms with van der Waals surface area (Å²) in [5.41, 5.74) is 5.97. The number of amides is 1. The van der Waals surface area contributed by atoms with Crippen molar-refractivity contribution in [2.75, 3.05) is 16.8 Å². The molecule has 1 saturated carbocycles. The third kappa shape index (κ3) is 4.74. The number of aliphatic hydroxyl groups is 1. The Labute approximate surface area is 226 Å². The highest BCUT2D eigenvalue weighted by Gasteiger charge is 2.30. The molecule has 9 heteroatoms. The Balaban J connectivity index is 1.35. The molecule has 4 aromatic rings. The minimum absolute atomic E-state index is 0.0645. The lowest BCUT2D eigenvalue weighted by molar-refractivity contribution is 0.0980. The van der Waals surface area contributed by atoms with E-state index in [2.05, 4.69) is 34.5 Å². The van der Waals surface area contributed by atoms with E-state index in [9.17, 15) is 14.7 Å². The average Bonchev–Trinajstić information content (AvgIpc) is 3.71. The molecule has 1 amide bonds. The summed E-state index contributed by atoms with van der Waals surface area (Å²) < 4.78 is 3.28. The number of hydrogen-bond acceptors (Lipinski definition) is 6. The lowest BCUT2D eigenvalue weighted by Crippen LogP contribution is -2.38. The number of aliphatic hydroxyl groups excluding tert-OH is 1. The highest BCUT2D eigenvalue weighted by Crippen LogP contribution is 2.41. The van der Waals surface area contributed by atoms with Crippen LogP contribution < -0.4 is 15.8 Å². The SMILES string of the molecule is CCCn1cc(Nc2nc(-c3cccc(N4CCc5cc(C6CC6)ccc5C4=O)c3CO)cn(C)c2=O)cn1. The molecule has 2 N–H and O–H groups in total. The summed E-state index contributed by atoms with van der Waals surface area (Å²) in [6.07, 6.45) is 9.31. The van der Waals surface area contributed by atoms with E-state index in [-0.39, 0.29) is 23.9 Å². The zero-order valence-corrected chi connectivity index (χ0v) is 22.2. The number of aryl methyl sites for hydroxylation is 2. The van der Waals surface area contributed by atoms with Gasteiger partial charge in [0.2, 0.25) is 0 Å². The Hall–Kier alpha value is -4.24. The Kier molecular flexibility index (Phi) is 6.52. The van der Waals surface area contributed by atoms with E-state index in [1.165, 1.54) is 23.0 Å². The molecule has 39 heavy (non-hydrogen) atoms. The predicted molar refractivity (Wildman–Crippen MR) is 150 cm³/mol. The van der Waals surface area contributed by atoms with E-state index in [4.69, 9.17) is 0 Å². The molecule has 2 aromatic carbocycles. The number of aromatic nitrogens is 4. The number of benzene rings is 2. The highest BCUT2D eigenvalue weighted by molar-refractivity contribution is 6.09. The molecule has 200 valence electrons. The Bertz CT molecular complexity index is 1620. The zero-order chi connectivity index (χ0) is 27.1. The van der Waals surface area contributed by atoms with Crippen LogP contribution in [0.3, 0.4) is 0 Å². The summed E-state index contributed by atoms with van der Waals surface area (Å²) in [6, 6.07) is 11.8. The van der Waals surface area contributed by atoms with Gasteiger partial charge in [-0.1, -0.05) is 31.2 Å². The molecule has 1 fully saturated rings. The van der Waals surface area contributed by atoms with Crippen molar-refractivity contribution in [2.24, 2.45) is 7.05 Å². The topological polar surface area (TPSA) is 105 Å². The van der Waals surface area contributed by atoms with E-state index >= 15 is 0 Å². The highest BCUT2D eigenvalue weighted by atomic mass is 16.3. The van der Waals surface area contributed by atoms with Gasteiger partial charge in [-0.2, -0.15) is 5.10 Å². The summed E-state index contributed by atoms with van der Waals surface area (Å²) in [4.78, 5) is 32.9. The van der Waals surface area contributed by atoms with Crippen LogP contribution in [0.4, 0.5) is 17.2 Å². The van der Waals surface area contributed by atoms with Crippen molar-refractivity contribution in [1.29, 1.82) is 0 Å². The first kappa shape index (κ1) is 25.1. The molecule has 2 aromatic heterocycles. The second kappa shape index (κ2) is 10.1.